The van der Waals surface area contributed by atoms with Crippen molar-refractivity contribution in [3.63, 3.8) is 0 Å². The molecule has 0 aliphatic carbocycles. The molecule has 0 aliphatic heterocycles. The predicted molar refractivity (Wildman–Crippen MR) is 176 cm³/mol. The summed E-state index contributed by atoms with van der Waals surface area (Å²) in [6.45, 7) is 7.91. The highest BCUT2D eigenvalue weighted by Gasteiger charge is 2.13. The summed E-state index contributed by atoms with van der Waals surface area (Å²) in [5.41, 5.74) is 2.67. The molecule has 0 spiro atoms. The summed E-state index contributed by atoms with van der Waals surface area (Å²) in [4.78, 5) is 21.8. The first-order valence-electron chi connectivity index (χ1n) is 15.9. The Morgan fingerprint density at radius 3 is 1.67 bits per heavy atom. The first-order chi connectivity index (χ1) is 23.7. The Hall–Kier alpha value is -3.67. The van der Waals surface area contributed by atoms with E-state index in [1.165, 1.54) is 0 Å². The van der Waals surface area contributed by atoms with Crippen LogP contribution in [0.25, 0.3) is 33.3 Å². The molecule has 262 valence electrons. The van der Waals surface area contributed by atoms with E-state index in [2.05, 4.69) is 20.2 Å². The molecule has 0 N–H and O–H groups in total. The van der Waals surface area contributed by atoms with Gasteiger partial charge in [0.1, 0.15) is 29.1 Å². The van der Waals surface area contributed by atoms with E-state index in [1.807, 2.05) is 6.07 Å². The van der Waals surface area contributed by atoms with Crippen molar-refractivity contribution in [3.05, 3.63) is 53.1 Å². The number of rotatable bonds is 26. The Morgan fingerprint density at radius 2 is 1.15 bits per heavy atom. The van der Waals surface area contributed by atoms with E-state index in [0.717, 1.165) is 0 Å². The number of hydrogen-bond donors (Lipinski definition) is 0. The fourth-order valence-corrected chi connectivity index (χ4v) is 4.39. The molecule has 15 heteroatoms. The van der Waals surface area contributed by atoms with Crippen LogP contribution < -0.4 is 10.3 Å². The number of hydrogen-bond acceptors (Lipinski definition) is 14. The van der Waals surface area contributed by atoms with Crippen LogP contribution in [0.1, 0.15) is 0 Å². The third kappa shape index (κ3) is 12.4. The fourth-order valence-electron chi connectivity index (χ4n) is 4.39. The van der Waals surface area contributed by atoms with Gasteiger partial charge < -0.3 is 47.2 Å². The van der Waals surface area contributed by atoms with Crippen molar-refractivity contribution in [1.29, 1.82) is 0 Å². The molecule has 0 saturated heterocycles. The molecule has 48 heavy (non-hydrogen) atoms. The second-order valence-electron chi connectivity index (χ2n) is 10.2. The molecular formula is C33H45N5O10. The van der Waals surface area contributed by atoms with E-state index in [-0.39, 0.29) is 5.56 Å². The zero-order valence-corrected chi connectivity index (χ0v) is 27.7. The lowest BCUT2D eigenvalue weighted by molar-refractivity contribution is -0.0227. The molecule has 15 nitrogen and oxygen atoms in total. The van der Waals surface area contributed by atoms with Gasteiger partial charge in [0.05, 0.1) is 122 Å². The predicted octanol–water partition coefficient (Wildman–Crippen LogP) is 2.08. The van der Waals surface area contributed by atoms with Gasteiger partial charge in [-0.1, -0.05) is 0 Å². The molecule has 0 radical (unpaired) electrons. The first-order valence-corrected chi connectivity index (χ1v) is 15.9. The van der Waals surface area contributed by atoms with Gasteiger partial charge in [0.2, 0.25) is 0 Å². The van der Waals surface area contributed by atoms with Crippen LogP contribution in [0.15, 0.2) is 47.5 Å². The number of aryl methyl sites for hydroxylation is 1. The van der Waals surface area contributed by atoms with E-state index in [4.69, 9.17) is 42.6 Å². The summed E-state index contributed by atoms with van der Waals surface area (Å²) in [5, 5.41) is 9.03. The van der Waals surface area contributed by atoms with Gasteiger partial charge in [-0.2, -0.15) is 0 Å². The minimum atomic E-state index is -0.172. The number of methoxy groups -OCH3 is 1. The van der Waals surface area contributed by atoms with Gasteiger partial charge in [-0.25, -0.2) is 0 Å². The van der Waals surface area contributed by atoms with E-state index in [9.17, 15) is 4.79 Å². The smallest absolute Gasteiger partial charge is 0.260 e. The van der Waals surface area contributed by atoms with Gasteiger partial charge in [0, 0.05) is 20.4 Å². The van der Waals surface area contributed by atoms with Crippen molar-refractivity contribution in [2.75, 3.05) is 113 Å². The van der Waals surface area contributed by atoms with Crippen LogP contribution in [0.3, 0.4) is 0 Å². The van der Waals surface area contributed by atoms with E-state index in [1.54, 1.807) is 55.4 Å². The Morgan fingerprint density at radius 1 is 0.604 bits per heavy atom. The summed E-state index contributed by atoms with van der Waals surface area (Å²) >= 11 is 0. The van der Waals surface area contributed by atoms with E-state index < -0.39 is 0 Å². The average molecular weight is 672 g/mol. The minimum absolute atomic E-state index is 0.172. The molecule has 0 aromatic carbocycles. The summed E-state index contributed by atoms with van der Waals surface area (Å²) in [6, 6.07) is 8.87. The van der Waals surface area contributed by atoms with Gasteiger partial charge in [0.25, 0.3) is 5.56 Å². The minimum Gasteiger partial charge on any atom is -0.490 e. The van der Waals surface area contributed by atoms with E-state index >= 15 is 0 Å². The standard InChI is InChI=1S/C33H45N5O10/c1-38-30-4-3-7-34-32(30)31-27(33(38)39)24-29(36-37-31)28-6-5-26(25-35-28)48-23-22-47-21-20-46-19-18-45-17-16-44-15-14-43-13-12-42-11-10-41-9-8-40-2/h3-7,24-25H,8-23H2,1-2H3. The molecule has 0 atom stereocenters. The van der Waals surface area contributed by atoms with Crippen molar-refractivity contribution >= 4 is 21.9 Å². The third-order valence-corrected chi connectivity index (χ3v) is 6.86. The molecule has 4 aromatic heterocycles. The zero-order chi connectivity index (χ0) is 33.7. The first kappa shape index (κ1) is 37.2. The average Bonchev–Trinajstić information content (AvgIpc) is 3.12. The highest BCUT2D eigenvalue weighted by atomic mass is 16.6. The molecule has 4 aromatic rings. The summed E-state index contributed by atoms with van der Waals surface area (Å²) in [7, 11) is 3.36. The highest BCUT2D eigenvalue weighted by molar-refractivity contribution is 6.00. The lowest BCUT2D eigenvalue weighted by Gasteiger charge is -2.09. The molecule has 4 heterocycles. The summed E-state index contributed by atoms with van der Waals surface area (Å²) < 4.78 is 50.4. The van der Waals surface area contributed by atoms with E-state index in [0.29, 0.717) is 145 Å². The lowest BCUT2D eigenvalue weighted by Crippen LogP contribution is -2.18. The maximum atomic E-state index is 12.9. The maximum absolute atomic E-state index is 12.9. The molecule has 0 amide bonds. The lowest BCUT2D eigenvalue weighted by atomic mass is 10.1. The summed E-state index contributed by atoms with van der Waals surface area (Å²) in [5.74, 6) is 0.591. The molecular weight excluding hydrogens is 626 g/mol. The maximum Gasteiger partial charge on any atom is 0.260 e. The van der Waals surface area contributed by atoms with Gasteiger partial charge in [-0.3, -0.25) is 14.8 Å². The molecule has 0 saturated carbocycles. The van der Waals surface area contributed by atoms with Crippen molar-refractivity contribution < 1.29 is 42.6 Å². The van der Waals surface area contributed by atoms with Crippen molar-refractivity contribution in [3.8, 4) is 17.1 Å². The van der Waals surface area contributed by atoms with Crippen LogP contribution in [0.5, 0.6) is 5.75 Å². The van der Waals surface area contributed by atoms with Gasteiger partial charge in [-0.05, 0) is 30.3 Å². The Balaban J connectivity index is 0.963. The summed E-state index contributed by atoms with van der Waals surface area (Å²) in [6.07, 6.45) is 3.27. The number of aromatic nitrogens is 5. The van der Waals surface area contributed by atoms with Crippen LogP contribution in [0.2, 0.25) is 0 Å². The van der Waals surface area contributed by atoms with Crippen LogP contribution in [0, 0.1) is 0 Å². The Bertz CT molecular complexity index is 1540. The second kappa shape index (κ2) is 22.1. The van der Waals surface area contributed by atoms with Crippen LogP contribution >= 0.6 is 0 Å². The van der Waals surface area contributed by atoms with Crippen LogP contribution in [-0.2, 0) is 44.9 Å². The quantitative estimate of drug-likeness (QED) is 0.0706. The van der Waals surface area contributed by atoms with Crippen molar-refractivity contribution in [2.45, 2.75) is 0 Å². The Labute approximate surface area is 279 Å². The monoisotopic (exact) mass is 671 g/mol. The van der Waals surface area contributed by atoms with Gasteiger partial charge >= 0.3 is 0 Å². The molecule has 4 rings (SSSR count). The second-order valence-corrected chi connectivity index (χ2v) is 10.2. The number of pyridine rings is 3. The van der Waals surface area contributed by atoms with Crippen LogP contribution in [0.4, 0.5) is 0 Å². The van der Waals surface area contributed by atoms with Crippen molar-refractivity contribution in [2.24, 2.45) is 7.05 Å². The number of fused-ring (bicyclic) bond motifs is 3. The molecule has 0 bridgehead atoms. The van der Waals surface area contributed by atoms with Crippen LogP contribution in [-0.4, -0.2) is 138 Å². The topological polar surface area (TPSA) is 157 Å². The van der Waals surface area contributed by atoms with Gasteiger partial charge in [-0.15, -0.1) is 10.2 Å². The molecule has 0 fully saturated rings. The highest BCUT2D eigenvalue weighted by Crippen LogP contribution is 2.22. The fraction of sp³-hybridized carbons (Fsp3) is 0.545. The zero-order valence-electron chi connectivity index (χ0n) is 27.7. The number of nitrogens with zero attached hydrogens (tertiary/aromatic N) is 5. The molecule has 0 unspecified atom stereocenters. The normalized spacial score (nSPS) is 11.5. The molecule has 0 aliphatic rings. The van der Waals surface area contributed by atoms with Gasteiger partial charge in [0.15, 0.2) is 0 Å². The largest absolute Gasteiger partial charge is 0.490 e. The Kier molecular flexibility index (Phi) is 17.1. The third-order valence-electron chi connectivity index (χ3n) is 6.86. The SMILES string of the molecule is COCCOCCOCCOCCOCCOCCOCCOCCOc1ccc(-c2cc3c(=O)n(C)c4cccnc4c3nn2)nc1. The van der Waals surface area contributed by atoms with Crippen molar-refractivity contribution in [1.82, 2.24) is 24.7 Å². The number of ether oxygens (including phenoxy) is 9.